The standard InChI is InChI=1S/C30H37N3O4S/c1-6-24(4)31-30(35)25(5)32(20-26-15-12-13-22(2)19-26)29(34)21-33(28-18-11-10-14-23(28)3)38(36,37)27-16-8-7-9-17-27/h7-19,24-25H,6,20-21H2,1-5H3,(H,31,35)/t24-,25+/m1/s1. The molecule has 3 aromatic carbocycles. The fourth-order valence-corrected chi connectivity index (χ4v) is 5.63. The molecule has 7 nitrogen and oxygen atoms in total. The highest BCUT2D eigenvalue weighted by molar-refractivity contribution is 7.92. The molecule has 0 spiro atoms. The number of carbonyl (C=O) groups is 2. The van der Waals surface area contributed by atoms with Gasteiger partial charge in [0.05, 0.1) is 10.6 Å². The van der Waals surface area contributed by atoms with Gasteiger partial charge in [-0.2, -0.15) is 0 Å². The van der Waals surface area contributed by atoms with Crippen LogP contribution >= 0.6 is 0 Å². The summed E-state index contributed by atoms with van der Waals surface area (Å²) in [5, 5.41) is 2.95. The number of hydrogen-bond donors (Lipinski definition) is 1. The first-order valence-corrected chi connectivity index (χ1v) is 14.3. The van der Waals surface area contributed by atoms with Crippen LogP contribution in [0.3, 0.4) is 0 Å². The van der Waals surface area contributed by atoms with Gasteiger partial charge in [0.1, 0.15) is 12.6 Å². The summed E-state index contributed by atoms with van der Waals surface area (Å²) in [6.07, 6.45) is 0.751. The number of benzene rings is 3. The van der Waals surface area contributed by atoms with Crippen LogP contribution in [0, 0.1) is 13.8 Å². The lowest BCUT2D eigenvalue weighted by atomic mass is 10.1. The van der Waals surface area contributed by atoms with E-state index in [4.69, 9.17) is 0 Å². The molecule has 3 aromatic rings. The van der Waals surface area contributed by atoms with Crippen LogP contribution in [0.2, 0.25) is 0 Å². The summed E-state index contributed by atoms with van der Waals surface area (Å²) in [6, 6.07) is 22.0. The Kier molecular flexibility index (Phi) is 9.69. The summed E-state index contributed by atoms with van der Waals surface area (Å²) in [4.78, 5) is 28.6. The number of hydrogen-bond acceptors (Lipinski definition) is 4. The number of anilines is 1. The van der Waals surface area contributed by atoms with E-state index in [9.17, 15) is 18.0 Å². The lowest BCUT2D eigenvalue weighted by Gasteiger charge is -2.33. The van der Waals surface area contributed by atoms with E-state index < -0.39 is 28.5 Å². The zero-order chi connectivity index (χ0) is 27.9. The minimum absolute atomic E-state index is 0.0530. The van der Waals surface area contributed by atoms with Crippen molar-refractivity contribution in [2.75, 3.05) is 10.8 Å². The molecule has 0 aliphatic carbocycles. The molecule has 2 amide bonds. The molecule has 0 saturated heterocycles. The van der Waals surface area contributed by atoms with Crippen molar-refractivity contribution in [2.24, 2.45) is 0 Å². The second kappa shape index (κ2) is 12.7. The lowest BCUT2D eigenvalue weighted by molar-refractivity contribution is -0.139. The van der Waals surface area contributed by atoms with E-state index in [0.717, 1.165) is 21.9 Å². The Balaban J connectivity index is 2.03. The zero-order valence-electron chi connectivity index (χ0n) is 22.7. The molecule has 3 rings (SSSR count). The molecule has 0 fully saturated rings. The van der Waals surface area contributed by atoms with Crippen molar-refractivity contribution >= 4 is 27.5 Å². The monoisotopic (exact) mass is 535 g/mol. The normalized spacial score (nSPS) is 12.9. The van der Waals surface area contributed by atoms with Gasteiger partial charge in [-0.3, -0.25) is 13.9 Å². The van der Waals surface area contributed by atoms with Crippen LogP contribution in [0.25, 0.3) is 0 Å². The summed E-state index contributed by atoms with van der Waals surface area (Å²) >= 11 is 0. The van der Waals surface area contributed by atoms with Gasteiger partial charge < -0.3 is 10.2 Å². The Morgan fingerprint density at radius 3 is 2.18 bits per heavy atom. The fourth-order valence-electron chi connectivity index (χ4n) is 4.13. The minimum Gasteiger partial charge on any atom is -0.352 e. The molecule has 0 aliphatic heterocycles. The maximum atomic E-state index is 13.9. The van der Waals surface area contributed by atoms with Gasteiger partial charge in [0, 0.05) is 12.6 Å². The van der Waals surface area contributed by atoms with Crippen LogP contribution in [-0.2, 0) is 26.2 Å². The van der Waals surface area contributed by atoms with Crippen molar-refractivity contribution in [3.8, 4) is 0 Å². The van der Waals surface area contributed by atoms with E-state index in [1.165, 1.54) is 17.0 Å². The fraction of sp³-hybridized carbons (Fsp3) is 0.333. The predicted molar refractivity (Wildman–Crippen MR) is 151 cm³/mol. The molecule has 1 N–H and O–H groups in total. The SMILES string of the molecule is CC[C@@H](C)NC(=O)[C@H](C)N(Cc1cccc(C)c1)C(=O)CN(c1ccccc1C)S(=O)(=O)c1ccccc1. The summed E-state index contributed by atoms with van der Waals surface area (Å²) < 4.78 is 28.8. The molecule has 0 aliphatic rings. The van der Waals surface area contributed by atoms with Gasteiger partial charge in [-0.05, 0) is 63.4 Å². The van der Waals surface area contributed by atoms with Crippen LogP contribution in [0.5, 0.6) is 0 Å². The number of rotatable bonds is 11. The number of sulfonamides is 1. The largest absolute Gasteiger partial charge is 0.352 e. The van der Waals surface area contributed by atoms with Gasteiger partial charge in [0.25, 0.3) is 10.0 Å². The third-order valence-corrected chi connectivity index (χ3v) is 8.37. The lowest BCUT2D eigenvalue weighted by Crippen LogP contribution is -2.52. The van der Waals surface area contributed by atoms with E-state index in [-0.39, 0.29) is 23.4 Å². The summed E-state index contributed by atoms with van der Waals surface area (Å²) in [7, 11) is -4.07. The van der Waals surface area contributed by atoms with Gasteiger partial charge in [0.15, 0.2) is 0 Å². The van der Waals surface area contributed by atoms with Gasteiger partial charge >= 0.3 is 0 Å². The number of aryl methyl sites for hydroxylation is 2. The first-order chi connectivity index (χ1) is 18.0. The van der Waals surface area contributed by atoms with E-state index in [1.54, 1.807) is 50.2 Å². The van der Waals surface area contributed by atoms with E-state index in [0.29, 0.717) is 11.3 Å². The highest BCUT2D eigenvalue weighted by Crippen LogP contribution is 2.27. The smallest absolute Gasteiger partial charge is 0.264 e. The first kappa shape index (κ1) is 28.9. The molecular weight excluding hydrogens is 498 g/mol. The third-order valence-electron chi connectivity index (χ3n) is 6.60. The predicted octanol–water partition coefficient (Wildman–Crippen LogP) is 4.83. The van der Waals surface area contributed by atoms with Crippen molar-refractivity contribution in [1.82, 2.24) is 10.2 Å². The highest BCUT2D eigenvalue weighted by atomic mass is 32.2. The molecule has 38 heavy (non-hydrogen) atoms. The van der Waals surface area contributed by atoms with Crippen LogP contribution in [0.4, 0.5) is 5.69 Å². The van der Waals surface area contributed by atoms with Crippen molar-refractivity contribution in [3.63, 3.8) is 0 Å². The second-order valence-electron chi connectivity index (χ2n) is 9.62. The second-order valence-corrected chi connectivity index (χ2v) is 11.5. The summed E-state index contributed by atoms with van der Waals surface area (Å²) in [6.45, 7) is 9.04. The van der Waals surface area contributed by atoms with E-state index in [1.807, 2.05) is 51.1 Å². The molecule has 0 aromatic heterocycles. The number of nitrogens with zero attached hydrogens (tertiary/aromatic N) is 2. The van der Waals surface area contributed by atoms with Crippen LogP contribution in [0.15, 0.2) is 83.8 Å². The first-order valence-electron chi connectivity index (χ1n) is 12.8. The maximum Gasteiger partial charge on any atom is 0.264 e. The van der Waals surface area contributed by atoms with Gasteiger partial charge in [-0.15, -0.1) is 0 Å². The Hall–Kier alpha value is -3.65. The molecule has 202 valence electrons. The Morgan fingerprint density at radius 2 is 1.55 bits per heavy atom. The zero-order valence-corrected chi connectivity index (χ0v) is 23.5. The molecule has 0 heterocycles. The summed E-state index contributed by atoms with van der Waals surface area (Å²) in [5.41, 5.74) is 3.01. The Morgan fingerprint density at radius 1 is 0.895 bits per heavy atom. The van der Waals surface area contributed by atoms with Crippen molar-refractivity contribution < 1.29 is 18.0 Å². The average molecular weight is 536 g/mol. The molecule has 2 atom stereocenters. The minimum atomic E-state index is -4.07. The van der Waals surface area contributed by atoms with Crippen LogP contribution < -0.4 is 9.62 Å². The number of para-hydroxylation sites is 1. The third kappa shape index (κ3) is 7.01. The quantitative estimate of drug-likeness (QED) is 0.381. The van der Waals surface area contributed by atoms with Crippen molar-refractivity contribution in [2.45, 2.75) is 64.6 Å². The number of carbonyl (C=O) groups excluding carboxylic acids is 2. The molecule has 0 radical (unpaired) electrons. The maximum absolute atomic E-state index is 13.9. The van der Waals surface area contributed by atoms with Crippen molar-refractivity contribution in [1.29, 1.82) is 0 Å². The molecular formula is C30H37N3O4S. The van der Waals surface area contributed by atoms with E-state index in [2.05, 4.69) is 5.32 Å². The number of amides is 2. The Bertz CT molecular complexity index is 1360. The van der Waals surface area contributed by atoms with Crippen LogP contribution in [-0.4, -0.2) is 43.8 Å². The van der Waals surface area contributed by atoms with Gasteiger partial charge in [0.2, 0.25) is 11.8 Å². The topological polar surface area (TPSA) is 86.8 Å². The van der Waals surface area contributed by atoms with Crippen LogP contribution in [0.1, 0.15) is 43.9 Å². The van der Waals surface area contributed by atoms with Gasteiger partial charge in [-0.25, -0.2) is 8.42 Å². The van der Waals surface area contributed by atoms with Crippen molar-refractivity contribution in [3.05, 3.63) is 95.6 Å². The molecule has 0 bridgehead atoms. The Labute approximate surface area is 226 Å². The average Bonchev–Trinajstić information content (AvgIpc) is 2.90. The number of nitrogens with one attached hydrogen (secondary N) is 1. The molecule has 0 saturated carbocycles. The molecule has 0 unspecified atom stereocenters. The molecule has 8 heteroatoms. The van der Waals surface area contributed by atoms with E-state index >= 15 is 0 Å². The van der Waals surface area contributed by atoms with Gasteiger partial charge in [-0.1, -0.05) is 73.2 Å². The summed E-state index contributed by atoms with van der Waals surface area (Å²) in [5.74, 6) is -0.755. The highest BCUT2D eigenvalue weighted by Gasteiger charge is 2.33.